The van der Waals surface area contributed by atoms with Crippen molar-refractivity contribution in [3.8, 4) is 0 Å². The second-order valence-corrected chi connectivity index (χ2v) is 4.96. The summed E-state index contributed by atoms with van der Waals surface area (Å²) in [4.78, 5) is 31.3. The van der Waals surface area contributed by atoms with E-state index in [2.05, 4.69) is 15.1 Å². The van der Waals surface area contributed by atoms with E-state index < -0.39 is 17.6 Å². The standard InChI is InChI=1S/C13H17N5O3/c1-7(12(19)20)11-8(2)15-13(21)18(9(11)3)5-10-14-6-17(4)16-10/h6-7H,5H2,1-4H3,(H,19,20). The average molecular weight is 291 g/mol. The number of carboxylic acid groups (broad SMARTS) is 1. The minimum atomic E-state index is -0.954. The smallest absolute Gasteiger partial charge is 0.348 e. The monoisotopic (exact) mass is 291 g/mol. The Hall–Kier alpha value is -2.51. The molecule has 0 amide bonds. The van der Waals surface area contributed by atoms with Gasteiger partial charge in [-0.1, -0.05) is 0 Å². The quantitative estimate of drug-likeness (QED) is 0.864. The molecule has 112 valence electrons. The second kappa shape index (κ2) is 5.47. The fraction of sp³-hybridized carbons (Fsp3) is 0.462. The molecule has 8 nitrogen and oxygen atoms in total. The number of aryl methyl sites for hydroxylation is 2. The average Bonchev–Trinajstić information content (AvgIpc) is 2.79. The summed E-state index contributed by atoms with van der Waals surface area (Å²) >= 11 is 0. The zero-order valence-electron chi connectivity index (χ0n) is 12.4. The van der Waals surface area contributed by atoms with Gasteiger partial charge in [0.25, 0.3) is 0 Å². The van der Waals surface area contributed by atoms with Crippen molar-refractivity contribution in [1.82, 2.24) is 24.3 Å². The lowest BCUT2D eigenvalue weighted by molar-refractivity contribution is -0.138. The summed E-state index contributed by atoms with van der Waals surface area (Å²) in [5, 5.41) is 13.3. The number of aliphatic carboxylic acids is 1. The Labute approximate surface area is 121 Å². The van der Waals surface area contributed by atoms with Gasteiger partial charge in [0, 0.05) is 24.0 Å². The molecule has 8 heteroatoms. The molecule has 2 aromatic rings. The van der Waals surface area contributed by atoms with Gasteiger partial charge in [-0.05, 0) is 20.8 Å². The summed E-state index contributed by atoms with van der Waals surface area (Å²) in [6.45, 7) is 5.10. The highest BCUT2D eigenvalue weighted by molar-refractivity contribution is 5.76. The number of carbonyl (C=O) groups is 1. The maximum absolute atomic E-state index is 12.1. The van der Waals surface area contributed by atoms with Crippen LogP contribution in [0.25, 0.3) is 0 Å². The van der Waals surface area contributed by atoms with E-state index in [1.807, 2.05) is 0 Å². The molecular formula is C13H17N5O3. The lowest BCUT2D eigenvalue weighted by Gasteiger charge is -2.17. The molecule has 1 atom stereocenters. The maximum atomic E-state index is 12.1. The number of nitrogens with zero attached hydrogens (tertiary/aromatic N) is 5. The van der Waals surface area contributed by atoms with Gasteiger partial charge in [0.05, 0.1) is 12.5 Å². The van der Waals surface area contributed by atoms with Gasteiger partial charge < -0.3 is 5.11 Å². The van der Waals surface area contributed by atoms with Crippen molar-refractivity contribution in [2.45, 2.75) is 33.2 Å². The van der Waals surface area contributed by atoms with Crippen LogP contribution >= 0.6 is 0 Å². The summed E-state index contributed by atoms with van der Waals surface area (Å²) < 4.78 is 2.94. The molecule has 0 saturated heterocycles. The van der Waals surface area contributed by atoms with Gasteiger partial charge in [0.2, 0.25) is 0 Å². The Morgan fingerprint density at radius 3 is 2.62 bits per heavy atom. The number of aromatic nitrogens is 5. The number of hydrogen-bond donors (Lipinski definition) is 1. The molecule has 1 unspecified atom stereocenters. The first kappa shape index (κ1) is 14.9. The van der Waals surface area contributed by atoms with E-state index in [9.17, 15) is 14.7 Å². The van der Waals surface area contributed by atoms with Crippen LogP contribution in [0.4, 0.5) is 0 Å². The molecule has 0 aliphatic heterocycles. The Bertz CT molecular complexity index is 747. The summed E-state index contributed by atoms with van der Waals surface area (Å²) in [5.74, 6) is -1.22. The van der Waals surface area contributed by atoms with E-state index >= 15 is 0 Å². The second-order valence-electron chi connectivity index (χ2n) is 4.96. The van der Waals surface area contributed by atoms with Crippen molar-refractivity contribution in [2.24, 2.45) is 7.05 Å². The molecular weight excluding hydrogens is 274 g/mol. The highest BCUT2D eigenvalue weighted by Crippen LogP contribution is 2.21. The summed E-state index contributed by atoms with van der Waals surface area (Å²) in [6, 6.07) is 0. The van der Waals surface area contributed by atoms with E-state index in [-0.39, 0.29) is 6.54 Å². The first-order chi connectivity index (χ1) is 9.81. The largest absolute Gasteiger partial charge is 0.481 e. The molecule has 0 saturated carbocycles. The van der Waals surface area contributed by atoms with Gasteiger partial charge in [0.15, 0.2) is 5.82 Å². The minimum absolute atomic E-state index is 0.165. The van der Waals surface area contributed by atoms with Crippen molar-refractivity contribution < 1.29 is 9.90 Å². The van der Waals surface area contributed by atoms with Crippen LogP contribution in [0.1, 0.15) is 35.6 Å². The number of carboxylic acids is 1. The normalized spacial score (nSPS) is 12.4. The van der Waals surface area contributed by atoms with Crippen LogP contribution in [0.3, 0.4) is 0 Å². The Kier molecular flexibility index (Phi) is 3.88. The fourth-order valence-corrected chi connectivity index (χ4v) is 2.35. The lowest BCUT2D eigenvalue weighted by atomic mass is 9.98. The van der Waals surface area contributed by atoms with Crippen molar-refractivity contribution in [2.75, 3.05) is 0 Å². The van der Waals surface area contributed by atoms with Gasteiger partial charge in [-0.2, -0.15) is 10.1 Å². The van der Waals surface area contributed by atoms with Crippen LogP contribution in [0.5, 0.6) is 0 Å². The SMILES string of the molecule is Cc1nc(=O)n(Cc2ncn(C)n2)c(C)c1C(C)C(=O)O. The first-order valence-corrected chi connectivity index (χ1v) is 6.46. The van der Waals surface area contributed by atoms with Crippen LogP contribution in [0, 0.1) is 13.8 Å². The summed E-state index contributed by atoms with van der Waals surface area (Å²) in [6.07, 6.45) is 1.54. The Morgan fingerprint density at radius 1 is 1.43 bits per heavy atom. The molecule has 0 radical (unpaired) electrons. The Balaban J connectivity index is 2.53. The van der Waals surface area contributed by atoms with Crippen LogP contribution in [-0.4, -0.2) is 35.4 Å². The summed E-state index contributed by atoms with van der Waals surface area (Å²) in [5.41, 5.74) is 1.14. The molecule has 0 aliphatic carbocycles. The lowest BCUT2D eigenvalue weighted by Crippen LogP contribution is -2.30. The zero-order chi connectivity index (χ0) is 15.7. The number of rotatable bonds is 4. The molecule has 0 spiro atoms. The first-order valence-electron chi connectivity index (χ1n) is 6.46. The molecule has 21 heavy (non-hydrogen) atoms. The molecule has 0 bridgehead atoms. The Morgan fingerprint density at radius 2 is 2.10 bits per heavy atom. The van der Waals surface area contributed by atoms with Gasteiger partial charge >= 0.3 is 11.7 Å². The third kappa shape index (κ3) is 2.83. The maximum Gasteiger partial charge on any atom is 0.348 e. The zero-order valence-corrected chi connectivity index (χ0v) is 12.4. The molecule has 0 fully saturated rings. The predicted molar refractivity (Wildman–Crippen MR) is 74.1 cm³/mol. The van der Waals surface area contributed by atoms with E-state index in [1.165, 1.54) is 15.6 Å². The highest BCUT2D eigenvalue weighted by Gasteiger charge is 2.22. The van der Waals surface area contributed by atoms with Gasteiger partial charge in [-0.3, -0.25) is 14.0 Å². The van der Waals surface area contributed by atoms with Crippen LogP contribution in [-0.2, 0) is 18.4 Å². The molecule has 2 heterocycles. The van der Waals surface area contributed by atoms with Crippen molar-refractivity contribution in [3.05, 3.63) is 39.6 Å². The van der Waals surface area contributed by atoms with E-state index in [1.54, 1.807) is 27.8 Å². The van der Waals surface area contributed by atoms with Crippen molar-refractivity contribution >= 4 is 5.97 Å². The fourth-order valence-electron chi connectivity index (χ4n) is 2.35. The molecule has 2 rings (SSSR count). The predicted octanol–water partition coefficient (Wildman–Crippen LogP) is 0.225. The van der Waals surface area contributed by atoms with E-state index in [0.29, 0.717) is 22.8 Å². The highest BCUT2D eigenvalue weighted by atomic mass is 16.4. The van der Waals surface area contributed by atoms with Gasteiger partial charge in [0.1, 0.15) is 6.33 Å². The van der Waals surface area contributed by atoms with Gasteiger partial charge in [-0.15, -0.1) is 0 Å². The molecule has 2 aromatic heterocycles. The number of hydrogen-bond acceptors (Lipinski definition) is 5. The van der Waals surface area contributed by atoms with Crippen LogP contribution < -0.4 is 5.69 Å². The topological polar surface area (TPSA) is 103 Å². The molecule has 0 aromatic carbocycles. The molecule has 1 N–H and O–H groups in total. The summed E-state index contributed by atoms with van der Waals surface area (Å²) in [7, 11) is 1.73. The third-order valence-electron chi connectivity index (χ3n) is 3.43. The van der Waals surface area contributed by atoms with Gasteiger partial charge in [-0.25, -0.2) is 9.78 Å². The van der Waals surface area contributed by atoms with Crippen molar-refractivity contribution in [1.29, 1.82) is 0 Å². The van der Waals surface area contributed by atoms with E-state index in [4.69, 9.17) is 0 Å². The van der Waals surface area contributed by atoms with Crippen molar-refractivity contribution in [3.63, 3.8) is 0 Å². The van der Waals surface area contributed by atoms with Crippen LogP contribution in [0.15, 0.2) is 11.1 Å². The van der Waals surface area contributed by atoms with E-state index in [0.717, 1.165) is 0 Å². The molecule has 0 aliphatic rings. The van der Waals surface area contributed by atoms with Crippen LogP contribution in [0.2, 0.25) is 0 Å². The minimum Gasteiger partial charge on any atom is -0.481 e. The third-order valence-corrected chi connectivity index (χ3v) is 3.43.